The summed E-state index contributed by atoms with van der Waals surface area (Å²) >= 11 is 1.07. The molecule has 0 amide bonds. The van der Waals surface area contributed by atoms with E-state index in [0.29, 0.717) is 6.42 Å². The molecular weight excluding hydrogens is 184 g/mol. The zero-order valence-electron chi connectivity index (χ0n) is 7.95. The molecule has 0 aliphatic rings. The van der Waals surface area contributed by atoms with Crippen molar-refractivity contribution < 1.29 is 9.90 Å². The van der Waals surface area contributed by atoms with Crippen LogP contribution >= 0.6 is 11.8 Å². The summed E-state index contributed by atoms with van der Waals surface area (Å²) in [4.78, 5) is 10.6. The minimum Gasteiger partial charge on any atom is -0.480 e. The second kappa shape index (κ2) is 8.00. The smallest absolute Gasteiger partial charge is 0.317 e. The maximum absolute atomic E-state index is 10.6. The van der Waals surface area contributed by atoms with Gasteiger partial charge in [-0.15, -0.1) is 6.42 Å². The van der Waals surface area contributed by atoms with E-state index in [2.05, 4.69) is 12.2 Å². The topological polar surface area (TPSA) is 37.3 Å². The van der Waals surface area contributed by atoms with Crippen LogP contribution < -0.4 is 0 Å². The van der Waals surface area contributed by atoms with Gasteiger partial charge in [-0.2, -0.15) is 0 Å². The fraction of sp³-hybridized carbons (Fsp3) is 0.700. The van der Waals surface area contributed by atoms with Crippen molar-refractivity contribution in [2.75, 3.05) is 0 Å². The van der Waals surface area contributed by atoms with Crippen LogP contribution in [0.15, 0.2) is 0 Å². The van der Waals surface area contributed by atoms with Crippen LogP contribution in [0.5, 0.6) is 0 Å². The molecule has 2 nitrogen and oxygen atoms in total. The van der Waals surface area contributed by atoms with Crippen molar-refractivity contribution in [3.8, 4) is 11.7 Å². The van der Waals surface area contributed by atoms with Crippen molar-refractivity contribution in [2.24, 2.45) is 0 Å². The predicted octanol–water partition coefficient (Wildman–Crippen LogP) is 2.73. The van der Waals surface area contributed by atoms with Crippen molar-refractivity contribution in [3.63, 3.8) is 0 Å². The summed E-state index contributed by atoms with van der Waals surface area (Å²) in [5, 5.41) is 10.7. The quantitative estimate of drug-likeness (QED) is 0.507. The van der Waals surface area contributed by atoms with Gasteiger partial charge in [-0.3, -0.25) is 4.79 Å². The van der Waals surface area contributed by atoms with Crippen LogP contribution in [0.1, 0.15) is 39.0 Å². The summed E-state index contributed by atoms with van der Waals surface area (Å²) in [6.45, 7) is 2.13. The molecule has 0 heterocycles. The second-order valence-electron chi connectivity index (χ2n) is 2.91. The molecule has 1 unspecified atom stereocenters. The van der Waals surface area contributed by atoms with Gasteiger partial charge in [-0.1, -0.05) is 44.4 Å². The van der Waals surface area contributed by atoms with Crippen molar-refractivity contribution in [2.45, 2.75) is 44.3 Å². The average Bonchev–Trinajstić information content (AvgIpc) is 2.10. The number of carboxylic acid groups (broad SMARTS) is 1. The molecule has 0 saturated heterocycles. The first-order valence-electron chi connectivity index (χ1n) is 4.56. The second-order valence-corrected chi connectivity index (χ2v) is 3.95. The number of carboxylic acids is 1. The highest BCUT2D eigenvalue weighted by atomic mass is 32.2. The Labute approximate surface area is 84.1 Å². The molecule has 13 heavy (non-hydrogen) atoms. The highest BCUT2D eigenvalue weighted by molar-refractivity contribution is 8.05. The van der Waals surface area contributed by atoms with Crippen LogP contribution in [-0.4, -0.2) is 16.3 Å². The molecule has 0 aliphatic heterocycles. The van der Waals surface area contributed by atoms with Gasteiger partial charge < -0.3 is 5.11 Å². The van der Waals surface area contributed by atoms with Gasteiger partial charge in [0.1, 0.15) is 5.25 Å². The third kappa shape index (κ3) is 6.53. The first kappa shape index (κ1) is 12.4. The molecule has 0 aromatic rings. The number of hydrogen-bond acceptors (Lipinski definition) is 2. The van der Waals surface area contributed by atoms with E-state index in [1.165, 1.54) is 12.8 Å². The Morgan fingerprint density at radius 1 is 1.54 bits per heavy atom. The van der Waals surface area contributed by atoms with E-state index in [-0.39, 0.29) is 0 Å². The summed E-state index contributed by atoms with van der Waals surface area (Å²) in [5.74, 6) is -0.792. The SMILES string of the molecule is C#CSC(CCCCCC)C(=O)O. The number of thioether (sulfide) groups is 1. The largest absolute Gasteiger partial charge is 0.480 e. The highest BCUT2D eigenvalue weighted by Crippen LogP contribution is 2.17. The molecule has 0 radical (unpaired) electrons. The molecule has 0 aromatic carbocycles. The average molecular weight is 200 g/mol. The Morgan fingerprint density at radius 3 is 2.69 bits per heavy atom. The number of hydrogen-bond donors (Lipinski definition) is 1. The molecule has 1 N–H and O–H groups in total. The van der Waals surface area contributed by atoms with E-state index in [1.807, 2.05) is 0 Å². The summed E-state index contributed by atoms with van der Waals surface area (Å²) in [5.41, 5.74) is 0. The number of rotatable bonds is 7. The fourth-order valence-electron chi connectivity index (χ4n) is 1.07. The van der Waals surface area contributed by atoms with Gasteiger partial charge in [0.15, 0.2) is 0 Å². The van der Waals surface area contributed by atoms with Gasteiger partial charge in [0, 0.05) is 0 Å². The Bertz CT molecular complexity index is 184. The van der Waals surface area contributed by atoms with Gasteiger partial charge in [0.05, 0.1) is 0 Å². The number of aliphatic carboxylic acids is 1. The number of unbranched alkanes of at least 4 members (excludes halogenated alkanes) is 3. The van der Waals surface area contributed by atoms with Gasteiger partial charge in [0.2, 0.25) is 0 Å². The first-order chi connectivity index (χ1) is 6.22. The van der Waals surface area contributed by atoms with E-state index in [1.54, 1.807) is 0 Å². The van der Waals surface area contributed by atoms with Gasteiger partial charge in [-0.25, -0.2) is 0 Å². The molecular formula is C10H16O2S. The molecule has 0 saturated carbocycles. The fourth-order valence-corrected chi connectivity index (χ4v) is 1.62. The van der Waals surface area contributed by atoms with Gasteiger partial charge in [-0.05, 0) is 11.7 Å². The third-order valence-electron chi connectivity index (χ3n) is 1.81. The van der Waals surface area contributed by atoms with Crippen LogP contribution in [0.25, 0.3) is 0 Å². The summed E-state index contributed by atoms with van der Waals surface area (Å²) in [7, 11) is 0. The van der Waals surface area contributed by atoms with Crippen molar-refractivity contribution in [1.29, 1.82) is 0 Å². The minimum absolute atomic E-state index is 0.415. The number of terminal acetylenes is 1. The lowest BCUT2D eigenvalue weighted by molar-refractivity contribution is -0.136. The van der Waals surface area contributed by atoms with Gasteiger partial charge >= 0.3 is 5.97 Å². The van der Waals surface area contributed by atoms with E-state index in [4.69, 9.17) is 11.5 Å². The summed E-state index contributed by atoms with van der Waals surface area (Å²) in [6, 6.07) is 0. The van der Waals surface area contributed by atoms with E-state index in [9.17, 15) is 4.79 Å². The van der Waals surface area contributed by atoms with Crippen LogP contribution in [0.4, 0.5) is 0 Å². The molecule has 0 aliphatic carbocycles. The molecule has 74 valence electrons. The molecule has 0 aromatic heterocycles. The molecule has 0 spiro atoms. The highest BCUT2D eigenvalue weighted by Gasteiger charge is 2.15. The lowest BCUT2D eigenvalue weighted by Crippen LogP contribution is -2.15. The Kier molecular flexibility index (Phi) is 7.62. The van der Waals surface area contributed by atoms with Crippen LogP contribution in [0.3, 0.4) is 0 Å². The zero-order chi connectivity index (χ0) is 10.1. The standard InChI is InChI=1S/C10H16O2S/c1-3-5-6-7-8-9(10(11)12)13-4-2/h2,9H,3,5-8H2,1H3,(H,11,12). The summed E-state index contributed by atoms with van der Waals surface area (Å²) in [6.07, 6.45) is 10.1. The molecule has 0 rings (SSSR count). The molecule has 3 heteroatoms. The lowest BCUT2D eigenvalue weighted by atomic mass is 10.1. The maximum atomic E-state index is 10.6. The monoisotopic (exact) mass is 200 g/mol. The van der Waals surface area contributed by atoms with E-state index in [0.717, 1.165) is 24.6 Å². The van der Waals surface area contributed by atoms with Crippen molar-refractivity contribution >= 4 is 17.7 Å². The van der Waals surface area contributed by atoms with Crippen molar-refractivity contribution in [1.82, 2.24) is 0 Å². The Morgan fingerprint density at radius 2 is 2.23 bits per heavy atom. The molecule has 0 bridgehead atoms. The Balaban J connectivity index is 3.58. The van der Waals surface area contributed by atoms with Gasteiger partial charge in [0.25, 0.3) is 0 Å². The third-order valence-corrected chi connectivity index (χ3v) is 2.66. The van der Waals surface area contributed by atoms with Crippen molar-refractivity contribution in [3.05, 3.63) is 0 Å². The predicted molar refractivity (Wildman–Crippen MR) is 56.6 cm³/mol. The molecule has 1 atom stereocenters. The van der Waals surface area contributed by atoms with E-state index >= 15 is 0 Å². The number of carbonyl (C=O) groups is 1. The molecule has 0 fully saturated rings. The minimum atomic E-state index is -0.792. The summed E-state index contributed by atoms with van der Waals surface area (Å²) < 4.78 is 0. The van der Waals surface area contributed by atoms with E-state index < -0.39 is 11.2 Å². The Hall–Kier alpha value is -0.620. The maximum Gasteiger partial charge on any atom is 0.317 e. The first-order valence-corrected chi connectivity index (χ1v) is 5.44. The van der Waals surface area contributed by atoms with Crippen LogP contribution in [0.2, 0.25) is 0 Å². The van der Waals surface area contributed by atoms with Crippen LogP contribution in [0, 0.1) is 11.7 Å². The normalized spacial score (nSPS) is 12.0. The lowest BCUT2D eigenvalue weighted by Gasteiger charge is -2.06. The zero-order valence-corrected chi connectivity index (χ0v) is 8.77. The van der Waals surface area contributed by atoms with Crippen LogP contribution in [-0.2, 0) is 4.79 Å².